The number of amides is 1. The van der Waals surface area contributed by atoms with Crippen molar-refractivity contribution in [3.8, 4) is 0 Å². The Balaban J connectivity index is 1.60. The Bertz CT molecular complexity index is 907. The van der Waals surface area contributed by atoms with Gasteiger partial charge in [-0.1, -0.05) is 30.1 Å². The molecule has 29 heavy (non-hydrogen) atoms. The molecular weight excluding hydrogens is 409 g/mol. The Labute approximate surface area is 181 Å². The summed E-state index contributed by atoms with van der Waals surface area (Å²) in [5.41, 5.74) is 2.63. The summed E-state index contributed by atoms with van der Waals surface area (Å²) in [6.07, 6.45) is 0.723. The molecule has 0 saturated carbocycles. The molecule has 0 bridgehead atoms. The van der Waals surface area contributed by atoms with E-state index in [1.54, 1.807) is 18.2 Å². The summed E-state index contributed by atoms with van der Waals surface area (Å²) in [4.78, 5) is 29.2. The average molecular weight is 434 g/mol. The molecule has 154 valence electrons. The summed E-state index contributed by atoms with van der Waals surface area (Å²) >= 11 is 12.2. The summed E-state index contributed by atoms with van der Waals surface area (Å²) in [5, 5.41) is 0.929. The van der Waals surface area contributed by atoms with E-state index in [1.165, 1.54) is 0 Å². The zero-order chi connectivity index (χ0) is 20.5. The Morgan fingerprint density at radius 1 is 1.03 bits per heavy atom. The number of likely N-dealkylation sites (N-methyl/N-ethyl adjacent to an activating group) is 1. The summed E-state index contributed by atoms with van der Waals surface area (Å²) in [6, 6.07) is 4.97. The SMILES string of the molecule is CCN1CCN(c2nc(C)nc3c2CN(C(=O)c2cc(Cl)cc(Cl)c2)CC3)CC1. The minimum Gasteiger partial charge on any atom is -0.354 e. The van der Waals surface area contributed by atoms with Crippen molar-refractivity contribution < 1.29 is 4.79 Å². The Morgan fingerprint density at radius 3 is 2.38 bits per heavy atom. The van der Waals surface area contributed by atoms with Crippen molar-refractivity contribution in [2.75, 3.05) is 44.2 Å². The average Bonchev–Trinajstić information content (AvgIpc) is 2.71. The third-order valence-electron chi connectivity index (χ3n) is 5.67. The maximum Gasteiger partial charge on any atom is 0.254 e. The normalized spacial score (nSPS) is 17.4. The predicted octanol–water partition coefficient (Wildman–Crippen LogP) is 3.43. The lowest BCUT2D eigenvalue weighted by Crippen LogP contribution is -2.47. The summed E-state index contributed by atoms with van der Waals surface area (Å²) in [6.45, 7) is 10.3. The lowest BCUT2D eigenvalue weighted by atomic mass is 10.0. The third-order valence-corrected chi connectivity index (χ3v) is 6.10. The quantitative estimate of drug-likeness (QED) is 0.741. The highest BCUT2D eigenvalue weighted by molar-refractivity contribution is 6.35. The number of anilines is 1. The number of piperazine rings is 1. The summed E-state index contributed by atoms with van der Waals surface area (Å²) in [5.74, 6) is 1.70. The molecule has 1 saturated heterocycles. The molecule has 2 aromatic rings. The monoisotopic (exact) mass is 433 g/mol. The molecular formula is C21H25Cl2N5O. The van der Waals surface area contributed by atoms with Crippen LogP contribution in [0.1, 0.15) is 34.4 Å². The zero-order valence-electron chi connectivity index (χ0n) is 16.8. The van der Waals surface area contributed by atoms with E-state index in [4.69, 9.17) is 28.2 Å². The van der Waals surface area contributed by atoms with Crippen LogP contribution in [0.5, 0.6) is 0 Å². The number of nitrogens with zero attached hydrogens (tertiary/aromatic N) is 5. The fourth-order valence-electron chi connectivity index (χ4n) is 4.09. The molecule has 0 unspecified atom stereocenters. The van der Waals surface area contributed by atoms with E-state index in [1.807, 2.05) is 11.8 Å². The van der Waals surface area contributed by atoms with Crippen LogP contribution in [0.15, 0.2) is 18.2 Å². The van der Waals surface area contributed by atoms with Crippen molar-refractivity contribution in [3.05, 3.63) is 50.9 Å². The fraction of sp³-hybridized carbons (Fsp3) is 0.476. The molecule has 3 heterocycles. The number of carbonyl (C=O) groups is 1. The molecule has 8 heteroatoms. The molecule has 2 aliphatic heterocycles. The Hall–Kier alpha value is -1.89. The van der Waals surface area contributed by atoms with Crippen molar-refractivity contribution in [1.29, 1.82) is 0 Å². The number of aryl methyl sites for hydroxylation is 1. The predicted molar refractivity (Wildman–Crippen MR) is 116 cm³/mol. The van der Waals surface area contributed by atoms with E-state index >= 15 is 0 Å². The number of fused-ring (bicyclic) bond motifs is 1. The highest BCUT2D eigenvalue weighted by Gasteiger charge is 2.29. The first-order valence-corrected chi connectivity index (χ1v) is 10.8. The molecule has 1 amide bonds. The number of halogens is 2. The second kappa shape index (κ2) is 8.46. The van der Waals surface area contributed by atoms with E-state index in [-0.39, 0.29) is 5.91 Å². The van der Waals surface area contributed by atoms with Gasteiger partial charge in [0.1, 0.15) is 11.6 Å². The standard InChI is InChI=1S/C21H25Cl2N5O/c1-3-26-6-8-27(9-7-26)20-18-13-28(5-4-19(18)24-14(2)25-20)21(29)15-10-16(22)12-17(23)11-15/h10-12H,3-9,13H2,1-2H3. The topological polar surface area (TPSA) is 52.6 Å². The van der Waals surface area contributed by atoms with E-state index in [0.29, 0.717) is 28.7 Å². The second-order valence-corrected chi connectivity index (χ2v) is 8.45. The molecule has 1 fully saturated rings. The van der Waals surface area contributed by atoms with E-state index in [0.717, 1.165) is 62.0 Å². The van der Waals surface area contributed by atoms with Crippen LogP contribution >= 0.6 is 23.2 Å². The van der Waals surface area contributed by atoms with E-state index in [9.17, 15) is 4.79 Å². The molecule has 1 aromatic carbocycles. The summed E-state index contributed by atoms with van der Waals surface area (Å²) in [7, 11) is 0. The van der Waals surface area contributed by atoms with Gasteiger partial charge in [-0.3, -0.25) is 4.79 Å². The molecule has 0 atom stereocenters. The molecule has 0 spiro atoms. The minimum atomic E-state index is -0.0672. The van der Waals surface area contributed by atoms with Crippen LogP contribution in [0.2, 0.25) is 10.0 Å². The van der Waals surface area contributed by atoms with Gasteiger partial charge in [0.15, 0.2) is 0 Å². The second-order valence-electron chi connectivity index (χ2n) is 7.58. The van der Waals surface area contributed by atoms with Gasteiger partial charge in [-0.2, -0.15) is 0 Å². The first-order valence-electron chi connectivity index (χ1n) is 10.0. The molecule has 0 radical (unpaired) electrons. The molecule has 6 nitrogen and oxygen atoms in total. The summed E-state index contributed by atoms with van der Waals surface area (Å²) < 4.78 is 0. The molecule has 1 aromatic heterocycles. The van der Waals surface area contributed by atoms with Gasteiger partial charge >= 0.3 is 0 Å². The van der Waals surface area contributed by atoms with Crippen LogP contribution in [0.4, 0.5) is 5.82 Å². The van der Waals surface area contributed by atoms with Gasteiger partial charge in [0, 0.05) is 60.3 Å². The van der Waals surface area contributed by atoms with Gasteiger partial charge < -0.3 is 14.7 Å². The van der Waals surface area contributed by atoms with Crippen molar-refractivity contribution in [3.63, 3.8) is 0 Å². The maximum absolute atomic E-state index is 13.1. The zero-order valence-corrected chi connectivity index (χ0v) is 18.3. The Morgan fingerprint density at radius 2 is 1.72 bits per heavy atom. The van der Waals surface area contributed by atoms with E-state index < -0.39 is 0 Å². The van der Waals surface area contributed by atoms with E-state index in [2.05, 4.69) is 21.7 Å². The number of benzene rings is 1. The van der Waals surface area contributed by atoms with Gasteiger partial charge in [0.05, 0.1) is 12.2 Å². The number of hydrogen-bond acceptors (Lipinski definition) is 5. The van der Waals surface area contributed by atoms with Crippen LogP contribution in [-0.2, 0) is 13.0 Å². The number of carbonyl (C=O) groups excluding carboxylic acids is 1. The lowest BCUT2D eigenvalue weighted by molar-refractivity contribution is 0.0733. The molecule has 0 aliphatic carbocycles. The van der Waals surface area contributed by atoms with Crippen molar-refractivity contribution in [2.24, 2.45) is 0 Å². The number of aromatic nitrogens is 2. The maximum atomic E-state index is 13.1. The third kappa shape index (κ3) is 4.34. The highest BCUT2D eigenvalue weighted by atomic mass is 35.5. The van der Waals surface area contributed by atoms with Crippen LogP contribution in [0.3, 0.4) is 0 Å². The largest absolute Gasteiger partial charge is 0.354 e. The smallest absolute Gasteiger partial charge is 0.254 e. The molecule has 0 N–H and O–H groups in total. The lowest BCUT2D eigenvalue weighted by Gasteiger charge is -2.37. The highest BCUT2D eigenvalue weighted by Crippen LogP contribution is 2.29. The number of rotatable bonds is 3. The Kier molecular flexibility index (Phi) is 5.95. The minimum absolute atomic E-state index is 0.0672. The van der Waals surface area contributed by atoms with Gasteiger partial charge in [-0.25, -0.2) is 9.97 Å². The number of hydrogen-bond donors (Lipinski definition) is 0. The van der Waals surface area contributed by atoms with Gasteiger partial charge in [-0.05, 0) is 31.7 Å². The van der Waals surface area contributed by atoms with Crippen molar-refractivity contribution in [2.45, 2.75) is 26.8 Å². The van der Waals surface area contributed by atoms with Gasteiger partial charge in [0.2, 0.25) is 0 Å². The van der Waals surface area contributed by atoms with Crippen molar-refractivity contribution in [1.82, 2.24) is 19.8 Å². The van der Waals surface area contributed by atoms with Crippen LogP contribution in [-0.4, -0.2) is 64.9 Å². The van der Waals surface area contributed by atoms with Crippen LogP contribution < -0.4 is 4.90 Å². The van der Waals surface area contributed by atoms with Gasteiger partial charge in [-0.15, -0.1) is 0 Å². The first kappa shape index (κ1) is 20.4. The van der Waals surface area contributed by atoms with Crippen LogP contribution in [0.25, 0.3) is 0 Å². The van der Waals surface area contributed by atoms with Crippen LogP contribution in [0, 0.1) is 6.92 Å². The molecule has 2 aliphatic rings. The van der Waals surface area contributed by atoms with Crippen molar-refractivity contribution >= 4 is 34.9 Å². The van der Waals surface area contributed by atoms with Gasteiger partial charge in [0.25, 0.3) is 5.91 Å². The fourth-order valence-corrected chi connectivity index (χ4v) is 4.61. The first-order chi connectivity index (χ1) is 13.9. The molecule has 4 rings (SSSR count).